The Bertz CT molecular complexity index is 331. The van der Waals surface area contributed by atoms with Gasteiger partial charge in [0.25, 0.3) is 0 Å². The first-order valence-corrected chi connectivity index (χ1v) is 10.4. The molecule has 0 saturated carbocycles. The number of hydrogen-bond donors (Lipinski definition) is 2. The highest BCUT2D eigenvalue weighted by atomic mass is 16.5. The summed E-state index contributed by atoms with van der Waals surface area (Å²) in [7, 11) is 0. The molecule has 0 aromatic heterocycles. The normalized spacial score (nSPS) is 13.9. The van der Waals surface area contributed by atoms with Gasteiger partial charge >= 0.3 is 5.97 Å². The highest BCUT2D eigenvalue weighted by molar-refractivity contribution is 5.76. The van der Waals surface area contributed by atoms with Crippen LogP contribution in [0, 0.1) is 0 Å². The van der Waals surface area contributed by atoms with Crippen molar-refractivity contribution in [1.82, 2.24) is 0 Å². The van der Waals surface area contributed by atoms with Crippen molar-refractivity contribution in [3.63, 3.8) is 0 Å². The Kier molecular flexibility index (Phi) is 17.3. The lowest BCUT2D eigenvalue weighted by Crippen LogP contribution is -2.42. The molecule has 2 atom stereocenters. The van der Waals surface area contributed by atoms with Crippen molar-refractivity contribution in [3.8, 4) is 0 Å². The molecule has 0 unspecified atom stereocenters. The third-order valence-electron chi connectivity index (χ3n) is 4.40. The SMILES string of the molecule is CCCCCCCCCCCCC/C=C/[C@@H](O)[C@@H](N)C(=O)OCCC. The number of ether oxygens (including phenoxy) is 1. The van der Waals surface area contributed by atoms with Gasteiger partial charge in [0.05, 0.1) is 12.7 Å². The minimum atomic E-state index is -0.986. The maximum absolute atomic E-state index is 11.5. The minimum absolute atomic E-state index is 0.349. The maximum atomic E-state index is 11.5. The summed E-state index contributed by atoms with van der Waals surface area (Å²) in [6.07, 6.45) is 18.8. The van der Waals surface area contributed by atoms with E-state index in [0.29, 0.717) is 6.61 Å². The summed E-state index contributed by atoms with van der Waals surface area (Å²) in [6.45, 7) is 4.52. The van der Waals surface area contributed by atoms with Gasteiger partial charge in [-0.2, -0.15) is 0 Å². The second-order valence-corrected chi connectivity index (χ2v) is 6.94. The van der Waals surface area contributed by atoms with E-state index < -0.39 is 18.1 Å². The summed E-state index contributed by atoms with van der Waals surface area (Å²) in [5.41, 5.74) is 5.67. The van der Waals surface area contributed by atoms with E-state index in [0.717, 1.165) is 19.3 Å². The number of hydrogen-bond acceptors (Lipinski definition) is 4. The van der Waals surface area contributed by atoms with Crippen LogP contribution in [-0.4, -0.2) is 29.8 Å². The van der Waals surface area contributed by atoms with Crippen molar-refractivity contribution in [2.24, 2.45) is 5.73 Å². The van der Waals surface area contributed by atoms with E-state index in [9.17, 15) is 9.90 Å². The lowest BCUT2D eigenvalue weighted by molar-refractivity contribution is -0.147. The van der Waals surface area contributed by atoms with Crippen LogP contribution in [0.3, 0.4) is 0 Å². The number of aliphatic hydroxyl groups excluding tert-OH is 1. The largest absolute Gasteiger partial charge is 0.464 e. The number of nitrogens with two attached hydrogens (primary N) is 1. The maximum Gasteiger partial charge on any atom is 0.325 e. The van der Waals surface area contributed by atoms with Crippen LogP contribution < -0.4 is 5.73 Å². The van der Waals surface area contributed by atoms with Crippen molar-refractivity contribution < 1.29 is 14.6 Å². The molecule has 0 aliphatic heterocycles. The van der Waals surface area contributed by atoms with E-state index in [1.165, 1.54) is 64.2 Å². The Labute approximate surface area is 155 Å². The Hall–Kier alpha value is -0.870. The van der Waals surface area contributed by atoms with Gasteiger partial charge in [-0.15, -0.1) is 0 Å². The Morgan fingerprint density at radius 1 is 0.920 bits per heavy atom. The summed E-state index contributed by atoms with van der Waals surface area (Å²) in [6, 6.07) is -0.986. The molecule has 148 valence electrons. The van der Waals surface area contributed by atoms with Crippen LogP contribution >= 0.6 is 0 Å². The molecule has 0 fully saturated rings. The van der Waals surface area contributed by atoms with E-state index in [2.05, 4.69) is 6.92 Å². The van der Waals surface area contributed by atoms with E-state index in [-0.39, 0.29) is 0 Å². The summed E-state index contributed by atoms with van der Waals surface area (Å²) in [5.74, 6) is -0.534. The molecule has 3 N–H and O–H groups in total. The first kappa shape index (κ1) is 24.1. The first-order valence-electron chi connectivity index (χ1n) is 10.4. The molecule has 0 saturated heterocycles. The molecule has 4 heteroatoms. The molecule has 0 bridgehead atoms. The summed E-state index contributed by atoms with van der Waals surface area (Å²) >= 11 is 0. The molecule has 0 radical (unpaired) electrons. The van der Waals surface area contributed by atoms with Gasteiger partial charge in [0.1, 0.15) is 6.04 Å². The topological polar surface area (TPSA) is 72.5 Å². The lowest BCUT2D eigenvalue weighted by atomic mass is 10.0. The van der Waals surface area contributed by atoms with E-state index in [1.54, 1.807) is 6.08 Å². The zero-order chi connectivity index (χ0) is 18.8. The Morgan fingerprint density at radius 2 is 1.44 bits per heavy atom. The van der Waals surface area contributed by atoms with Crippen LogP contribution in [0.1, 0.15) is 97.3 Å². The molecule has 0 heterocycles. The average Bonchev–Trinajstić information content (AvgIpc) is 2.62. The fourth-order valence-corrected chi connectivity index (χ4v) is 2.72. The molecule has 0 aromatic carbocycles. The van der Waals surface area contributed by atoms with Crippen LogP contribution in [0.2, 0.25) is 0 Å². The molecule has 0 aliphatic carbocycles. The predicted octanol–water partition coefficient (Wildman–Crippen LogP) is 4.89. The van der Waals surface area contributed by atoms with Crippen molar-refractivity contribution in [1.29, 1.82) is 0 Å². The first-order chi connectivity index (χ1) is 12.1. The second kappa shape index (κ2) is 17.9. The highest BCUT2D eigenvalue weighted by Gasteiger charge is 2.21. The molecule has 0 amide bonds. The standard InChI is InChI=1S/C21H41NO3/c1-3-5-6-7-8-9-10-11-12-13-14-15-16-17-19(23)20(22)21(24)25-18-4-2/h16-17,19-20,23H,3-15,18,22H2,1-2H3/b17-16+/t19-,20-/m1/s1. The predicted molar refractivity (Wildman–Crippen MR) is 105 cm³/mol. The van der Waals surface area contributed by atoms with Crippen LogP contribution in [0.15, 0.2) is 12.2 Å². The summed E-state index contributed by atoms with van der Waals surface area (Å²) < 4.78 is 4.94. The van der Waals surface area contributed by atoms with Gasteiger partial charge < -0.3 is 15.6 Å². The number of aliphatic hydroxyl groups is 1. The highest BCUT2D eigenvalue weighted by Crippen LogP contribution is 2.12. The average molecular weight is 356 g/mol. The van der Waals surface area contributed by atoms with Gasteiger partial charge in [-0.3, -0.25) is 4.79 Å². The molecule has 0 spiro atoms. The molecule has 4 nitrogen and oxygen atoms in total. The smallest absolute Gasteiger partial charge is 0.325 e. The van der Waals surface area contributed by atoms with E-state index >= 15 is 0 Å². The zero-order valence-electron chi connectivity index (χ0n) is 16.5. The van der Waals surface area contributed by atoms with Crippen molar-refractivity contribution >= 4 is 5.97 Å². The number of carbonyl (C=O) groups excluding carboxylic acids is 1. The second-order valence-electron chi connectivity index (χ2n) is 6.94. The fourth-order valence-electron chi connectivity index (χ4n) is 2.72. The molecular weight excluding hydrogens is 314 g/mol. The molecule has 25 heavy (non-hydrogen) atoms. The fraction of sp³-hybridized carbons (Fsp3) is 0.857. The summed E-state index contributed by atoms with van der Waals surface area (Å²) in [5, 5.41) is 9.85. The van der Waals surface area contributed by atoms with Gasteiger partial charge in [-0.25, -0.2) is 0 Å². The Balaban J connectivity index is 3.48. The monoisotopic (exact) mass is 355 g/mol. The van der Waals surface area contributed by atoms with Crippen LogP contribution in [-0.2, 0) is 9.53 Å². The molecule has 0 rings (SSSR count). The Morgan fingerprint density at radius 3 is 1.96 bits per heavy atom. The van der Waals surface area contributed by atoms with Crippen LogP contribution in [0.25, 0.3) is 0 Å². The van der Waals surface area contributed by atoms with Gasteiger partial charge in [-0.1, -0.05) is 90.2 Å². The van der Waals surface area contributed by atoms with Crippen molar-refractivity contribution in [2.75, 3.05) is 6.61 Å². The van der Waals surface area contributed by atoms with Gasteiger partial charge in [0.15, 0.2) is 0 Å². The van der Waals surface area contributed by atoms with Gasteiger partial charge in [-0.05, 0) is 19.3 Å². The summed E-state index contributed by atoms with van der Waals surface area (Å²) in [4.78, 5) is 11.5. The van der Waals surface area contributed by atoms with Crippen LogP contribution in [0.5, 0.6) is 0 Å². The quantitative estimate of drug-likeness (QED) is 0.221. The number of unbranched alkanes of at least 4 members (excludes halogenated alkanes) is 11. The number of carbonyl (C=O) groups is 1. The third kappa shape index (κ3) is 15.1. The molecule has 0 aliphatic rings. The minimum Gasteiger partial charge on any atom is -0.464 e. The number of esters is 1. The van der Waals surface area contributed by atoms with Crippen molar-refractivity contribution in [3.05, 3.63) is 12.2 Å². The van der Waals surface area contributed by atoms with Crippen LogP contribution in [0.4, 0.5) is 0 Å². The molecular formula is C21H41NO3. The van der Waals surface area contributed by atoms with E-state index in [4.69, 9.17) is 10.5 Å². The van der Waals surface area contributed by atoms with E-state index in [1.807, 2.05) is 13.0 Å². The third-order valence-corrected chi connectivity index (χ3v) is 4.40. The lowest BCUT2D eigenvalue weighted by Gasteiger charge is -2.14. The number of rotatable bonds is 17. The number of allylic oxidation sites excluding steroid dienone is 1. The van der Waals surface area contributed by atoms with Gasteiger partial charge in [0.2, 0.25) is 0 Å². The zero-order valence-corrected chi connectivity index (χ0v) is 16.5. The molecule has 0 aromatic rings. The van der Waals surface area contributed by atoms with Gasteiger partial charge in [0, 0.05) is 0 Å². The van der Waals surface area contributed by atoms with Crippen molar-refractivity contribution in [2.45, 2.75) is 109 Å².